The van der Waals surface area contributed by atoms with E-state index in [4.69, 9.17) is 0 Å². The van der Waals surface area contributed by atoms with Crippen LogP contribution in [0.1, 0.15) is 23.5 Å². The van der Waals surface area contributed by atoms with Gasteiger partial charge in [-0.25, -0.2) is 19.2 Å². The van der Waals surface area contributed by atoms with Gasteiger partial charge in [-0.2, -0.15) is 0 Å². The van der Waals surface area contributed by atoms with Gasteiger partial charge in [0.1, 0.15) is 5.82 Å². The third kappa shape index (κ3) is 3.96. The summed E-state index contributed by atoms with van der Waals surface area (Å²) in [6.45, 7) is 6.44. The minimum Gasteiger partial charge on any atom is -0.334 e. The molecule has 0 radical (unpaired) electrons. The van der Waals surface area contributed by atoms with Gasteiger partial charge in [0.25, 0.3) is 0 Å². The number of carbonyl (C=O) groups excluding carboxylic acids is 1. The largest absolute Gasteiger partial charge is 0.334 e. The number of aromatic nitrogens is 3. The molecule has 3 aromatic rings. The lowest BCUT2D eigenvalue weighted by atomic mass is 10.2. The molecule has 0 bridgehead atoms. The molecule has 8 heteroatoms. The van der Waals surface area contributed by atoms with Crippen molar-refractivity contribution in [2.24, 2.45) is 0 Å². The van der Waals surface area contributed by atoms with Crippen molar-refractivity contribution in [1.29, 1.82) is 0 Å². The molecule has 0 spiro atoms. The average molecular weight is 382 g/mol. The highest BCUT2D eigenvalue weighted by atomic mass is 19.1. The molecule has 1 saturated heterocycles. The summed E-state index contributed by atoms with van der Waals surface area (Å²) in [5, 5.41) is 5.72. The molecular formula is C20H23FN6O. The van der Waals surface area contributed by atoms with Gasteiger partial charge in [0, 0.05) is 42.8 Å². The minimum atomic E-state index is -0.328. The smallest absolute Gasteiger partial charge is 0.319 e. The van der Waals surface area contributed by atoms with Gasteiger partial charge in [0.2, 0.25) is 5.78 Å². The number of likely N-dealkylation sites (tertiary alicyclic amines) is 1. The fourth-order valence-corrected chi connectivity index (χ4v) is 3.72. The predicted molar refractivity (Wildman–Crippen MR) is 105 cm³/mol. The highest BCUT2D eigenvalue weighted by Gasteiger charge is 2.25. The topological polar surface area (TPSA) is 74.6 Å². The van der Waals surface area contributed by atoms with E-state index in [1.54, 1.807) is 12.1 Å². The Bertz CT molecular complexity index is 1000. The number of imidazole rings is 1. The first kappa shape index (κ1) is 18.4. The first-order valence-corrected chi connectivity index (χ1v) is 9.34. The van der Waals surface area contributed by atoms with E-state index < -0.39 is 0 Å². The van der Waals surface area contributed by atoms with Crippen LogP contribution in [0.15, 0.2) is 36.5 Å². The zero-order valence-electron chi connectivity index (χ0n) is 15.9. The first-order valence-electron chi connectivity index (χ1n) is 9.34. The van der Waals surface area contributed by atoms with Crippen molar-refractivity contribution in [3.05, 3.63) is 59.4 Å². The molecule has 2 N–H and O–H groups in total. The molecular weight excluding hydrogens is 359 g/mol. The third-order valence-corrected chi connectivity index (χ3v) is 4.96. The highest BCUT2D eigenvalue weighted by molar-refractivity contribution is 5.89. The summed E-state index contributed by atoms with van der Waals surface area (Å²) in [5.41, 5.74) is 3.73. The Morgan fingerprint density at radius 1 is 1.29 bits per heavy atom. The number of carbonyl (C=O) groups is 1. The second-order valence-corrected chi connectivity index (χ2v) is 7.25. The molecule has 1 aromatic carbocycles. The van der Waals surface area contributed by atoms with Crippen LogP contribution in [0.2, 0.25) is 0 Å². The maximum Gasteiger partial charge on any atom is 0.319 e. The maximum absolute atomic E-state index is 12.9. The van der Waals surface area contributed by atoms with Crippen molar-refractivity contribution in [3.8, 4) is 0 Å². The van der Waals surface area contributed by atoms with E-state index in [9.17, 15) is 9.18 Å². The lowest BCUT2D eigenvalue weighted by Crippen LogP contribution is -2.39. The molecule has 4 rings (SSSR count). The first-order chi connectivity index (χ1) is 13.5. The lowest BCUT2D eigenvalue weighted by Gasteiger charge is -2.17. The van der Waals surface area contributed by atoms with Crippen LogP contribution in [0.3, 0.4) is 0 Å². The SMILES string of the molecule is Cc1cc(C)n2c(CN3CCC(NC(=O)Nc4ccc(F)cc4)C3)cnc2n1. The van der Waals surface area contributed by atoms with Crippen LogP contribution in [-0.2, 0) is 6.54 Å². The van der Waals surface area contributed by atoms with Crippen LogP contribution < -0.4 is 10.6 Å². The van der Waals surface area contributed by atoms with Crippen LogP contribution >= 0.6 is 0 Å². The van der Waals surface area contributed by atoms with Gasteiger partial charge in [-0.1, -0.05) is 0 Å². The number of aryl methyl sites for hydroxylation is 2. The molecule has 28 heavy (non-hydrogen) atoms. The minimum absolute atomic E-state index is 0.0705. The fraction of sp³-hybridized carbons (Fsp3) is 0.350. The van der Waals surface area contributed by atoms with Crippen molar-refractivity contribution >= 4 is 17.5 Å². The van der Waals surface area contributed by atoms with Gasteiger partial charge in [-0.05, 0) is 50.6 Å². The van der Waals surface area contributed by atoms with Gasteiger partial charge >= 0.3 is 6.03 Å². The number of rotatable bonds is 4. The standard InChI is InChI=1S/C20H23FN6O/c1-13-9-14(2)27-18(10-22-19(27)23-13)12-26-8-7-17(11-26)25-20(28)24-16-5-3-15(21)4-6-16/h3-6,9-10,17H,7-8,11-12H2,1-2H3,(H2,24,25,28). The molecule has 1 unspecified atom stereocenters. The maximum atomic E-state index is 12.9. The normalized spacial score (nSPS) is 17.2. The van der Waals surface area contributed by atoms with E-state index in [2.05, 4.69) is 36.8 Å². The number of halogens is 1. The van der Waals surface area contributed by atoms with Crippen LogP contribution in [0, 0.1) is 19.7 Å². The second-order valence-electron chi connectivity index (χ2n) is 7.25. The molecule has 1 aliphatic rings. The Hall–Kier alpha value is -3.00. The van der Waals surface area contributed by atoms with Crippen LogP contribution in [0.5, 0.6) is 0 Å². The predicted octanol–water partition coefficient (Wildman–Crippen LogP) is 2.88. The van der Waals surface area contributed by atoms with Crippen molar-refractivity contribution in [2.45, 2.75) is 32.9 Å². The summed E-state index contributed by atoms with van der Waals surface area (Å²) < 4.78 is 15.0. The number of urea groups is 1. The molecule has 2 amide bonds. The van der Waals surface area contributed by atoms with Crippen molar-refractivity contribution in [3.63, 3.8) is 0 Å². The molecule has 2 aromatic heterocycles. The number of hydrogen-bond acceptors (Lipinski definition) is 4. The van der Waals surface area contributed by atoms with Crippen LogP contribution in [0.4, 0.5) is 14.9 Å². The monoisotopic (exact) mass is 382 g/mol. The van der Waals surface area contributed by atoms with Gasteiger partial charge in [-0.15, -0.1) is 0 Å². The van der Waals surface area contributed by atoms with Gasteiger partial charge < -0.3 is 10.6 Å². The van der Waals surface area contributed by atoms with E-state index in [1.165, 1.54) is 12.1 Å². The Balaban J connectivity index is 1.34. The molecule has 1 aliphatic heterocycles. The number of hydrogen-bond donors (Lipinski definition) is 2. The van der Waals surface area contributed by atoms with E-state index >= 15 is 0 Å². The summed E-state index contributed by atoms with van der Waals surface area (Å²) in [7, 11) is 0. The Morgan fingerprint density at radius 3 is 2.86 bits per heavy atom. The summed E-state index contributed by atoms with van der Waals surface area (Å²) >= 11 is 0. The van der Waals surface area contributed by atoms with E-state index in [0.717, 1.165) is 48.9 Å². The summed E-state index contributed by atoms with van der Waals surface area (Å²) in [5.74, 6) is 0.394. The molecule has 1 fully saturated rings. The van der Waals surface area contributed by atoms with Crippen LogP contribution in [-0.4, -0.2) is 44.4 Å². The highest BCUT2D eigenvalue weighted by Crippen LogP contribution is 2.17. The van der Waals surface area contributed by atoms with E-state index in [0.29, 0.717) is 5.69 Å². The Labute approximate surface area is 162 Å². The molecule has 146 valence electrons. The number of amides is 2. The Kier molecular flexibility index (Phi) is 4.95. The summed E-state index contributed by atoms with van der Waals surface area (Å²) in [4.78, 5) is 23.4. The van der Waals surface area contributed by atoms with E-state index in [1.807, 2.05) is 19.2 Å². The van der Waals surface area contributed by atoms with Crippen molar-refractivity contribution in [1.82, 2.24) is 24.6 Å². The fourth-order valence-electron chi connectivity index (χ4n) is 3.72. The molecule has 1 atom stereocenters. The van der Waals surface area contributed by atoms with Crippen LogP contribution in [0.25, 0.3) is 5.78 Å². The average Bonchev–Trinajstić information content (AvgIpc) is 3.24. The third-order valence-electron chi connectivity index (χ3n) is 4.96. The molecule has 3 heterocycles. The second kappa shape index (κ2) is 7.55. The Morgan fingerprint density at radius 2 is 2.07 bits per heavy atom. The molecule has 0 saturated carbocycles. The number of fused-ring (bicyclic) bond motifs is 1. The summed E-state index contributed by atoms with van der Waals surface area (Å²) in [6, 6.07) is 7.57. The van der Waals surface area contributed by atoms with Crippen molar-refractivity contribution in [2.75, 3.05) is 18.4 Å². The molecule has 0 aliphatic carbocycles. The number of nitrogens with one attached hydrogen (secondary N) is 2. The molecule has 7 nitrogen and oxygen atoms in total. The quantitative estimate of drug-likeness (QED) is 0.728. The van der Waals surface area contributed by atoms with Crippen molar-refractivity contribution < 1.29 is 9.18 Å². The van der Waals surface area contributed by atoms with Gasteiger partial charge in [-0.3, -0.25) is 9.30 Å². The number of nitrogens with zero attached hydrogens (tertiary/aromatic N) is 4. The van der Waals surface area contributed by atoms with Gasteiger partial charge in [0.05, 0.1) is 11.9 Å². The zero-order valence-corrected chi connectivity index (χ0v) is 15.9. The zero-order chi connectivity index (χ0) is 19.7. The summed E-state index contributed by atoms with van der Waals surface area (Å²) in [6.07, 6.45) is 2.75. The lowest BCUT2D eigenvalue weighted by molar-refractivity contribution is 0.247. The number of benzene rings is 1. The number of anilines is 1. The van der Waals surface area contributed by atoms with Gasteiger partial charge in [0.15, 0.2) is 0 Å². The van der Waals surface area contributed by atoms with E-state index in [-0.39, 0.29) is 17.9 Å².